The molecule has 2 aromatic rings. The molecule has 3 rings (SSSR count). The van der Waals surface area contributed by atoms with Crippen molar-refractivity contribution in [3.63, 3.8) is 0 Å². The minimum absolute atomic E-state index is 0.0321. The summed E-state index contributed by atoms with van der Waals surface area (Å²) in [4.78, 5) is 5.20. The van der Waals surface area contributed by atoms with Gasteiger partial charge in [0.25, 0.3) is 0 Å². The summed E-state index contributed by atoms with van der Waals surface area (Å²) in [6, 6.07) is 4.48. The highest BCUT2D eigenvalue weighted by Crippen LogP contribution is 2.21. The van der Waals surface area contributed by atoms with Crippen molar-refractivity contribution in [2.24, 2.45) is 5.16 Å². The van der Waals surface area contributed by atoms with Crippen LogP contribution in [0.2, 0.25) is 5.02 Å². The molecule has 0 radical (unpaired) electrons. The lowest BCUT2D eigenvalue weighted by atomic mass is 9.99. The summed E-state index contributed by atoms with van der Waals surface area (Å²) >= 11 is 5.91. The van der Waals surface area contributed by atoms with Crippen molar-refractivity contribution in [1.29, 1.82) is 0 Å². The number of nitrogens with zero attached hydrogens (tertiary/aromatic N) is 3. The minimum Gasteiger partial charge on any atom is -0.390 e. The fourth-order valence-electron chi connectivity index (χ4n) is 2.07. The van der Waals surface area contributed by atoms with Gasteiger partial charge in [0.05, 0.1) is 5.02 Å². The second-order valence-corrected chi connectivity index (χ2v) is 4.83. The van der Waals surface area contributed by atoms with Gasteiger partial charge in [-0.2, -0.15) is 0 Å². The zero-order valence-electron chi connectivity index (χ0n) is 10.5. The molecule has 1 aliphatic carbocycles. The first-order chi connectivity index (χ1) is 9.75. The maximum Gasteiger partial charge on any atom is 0.155 e. The number of hydrogen-bond donors (Lipinski definition) is 0. The van der Waals surface area contributed by atoms with Crippen molar-refractivity contribution in [2.75, 3.05) is 0 Å². The first kappa shape index (κ1) is 13.1. The van der Waals surface area contributed by atoms with Crippen LogP contribution in [0, 0.1) is 5.82 Å². The van der Waals surface area contributed by atoms with Crippen LogP contribution in [-0.2, 0) is 17.9 Å². The minimum atomic E-state index is -0.412. The lowest BCUT2D eigenvalue weighted by Gasteiger charge is -2.10. The Morgan fingerprint density at radius 1 is 1.35 bits per heavy atom. The predicted octanol–water partition coefficient (Wildman–Crippen LogP) is 3.12. The summed E-state index contributed by atoms with van der Waals surface area (Å²) in [6.07, 6.45) is 2.45. The molecular formula is C13H11ClFN3O2. The molecule has 0 bridgehead atoms. The Morgan fingerprint density at radius 3 is 3.10 bits per heavy atom. The largest absolute Gasteiger partial charge is 0.390 e. The molecule has 1 aromatic carbocycles. The Labute approximate surface area is 119 Å². The van der Waals surface area contributed by atoms with Crippen molar-refractivity contribution >= 4 is 17.3 Å². The summed E-state index contributed by atoms with van der Waals surface area (Å²) < 4.78 is 18.2. The van der Waals surface area contributed by atoms with Gasteiger partial charge >= 0.3 is 0 Å². The smallest absolute Gasteiger partial charge is 0.155 e. The van der Waals surface area contributed by atoms with Crippen molar-refractivity contribution in [3.8, 4) is 0 Å². The number of fused-ring (bicyclic) bond motifs is 1. The molecule has 0 aliphatic heterocycles. The molecule has 20 heavy (non-hydrogen) atoms. The van der Waals surface area contributed by atoms with Crippen LogP contribution in [-0.4, -0.2) is 16.0 Å². The van der Waals surface area contributed by atoms with E-state index in [0.29, 0.717) is 16.4 Å². The van der Waals surface area contributed by atoms with Crippen LogP contribution < -0.4 is 0 Å². The molecule has 104 valence electrons. The quantitative estimate of drug-likeness (QED) is 0.816. The van der Waals surface area contributed by atoms with Gasteiger partial charge in [-0.25, -0.2) is 9.02 Å². The third-order valence-electron chi connectivity index (χ3n) is 3.10. The van der Waals surface area contributed by atoms with Gasteiger partial charge in [0.15, 0.2) is 5.69 Å². The standard InChI is InChI=1S/C13H11ClFN3O2/c14-9-3-1-4-10(15)8(9)7-19-16-11-5-2-6-12-13(11)18-20-17-12/h1,3-4H,2,5-7H2/b16-11-. The Balaban J connectivity index is 1.73. The maximum absolute atomic E-state index is 13.6. The molecule has 0 amide bonds. The van der Waals surface area contributed by atoms with E-state index in [1.54, 1.807) is 12.1 Å². The van der Waals surface area contributed by atoms with E-state index < -0.39 is 5.82 Å². The third-order valence-corrected chi connectivity index (χ3v) is 3.46. The second-order valence-electron chi connectivity index (χ2n) is 4.42. The molecule has 0 unspecified atom stereocenters. The molecule has 0 N–H and O–H groups in total. The first-order valence-electron chi connectivity index (χ1n) is 6.19. The van der Waals surface area contributed by atoms with E-state index in [0.717, 1.165) is 25.0 Å². The average molecular weight is 296 g/mol. The van der Waals surface area contributed by atoms with Crippen molar-refractivity contribution in [1.82, 2.24) is 10.3 Å². The van der Waals surface area contributed by atoms with Crippen LogP contribution in [0.15, 0.2) is 28.0 Å². The molecule has 5 nitrogen and oxygen atoms in total. The highest BCUT2D eigenvalue weighted by atomic mass is 35.5. The van der Waals surface area contributed by atoms with Gasteiger partial charge in [0.1, 0.15) is 23.8 Å². The van der Waals surface area contributed by atoms with Crippen LogP contribution >= 0.6 is 11.6 Å². The number of oxime groups is 1. The van der Waals surface area contributed by atoms with E-state index in [1.165, 1.54) is 6.07 Å². The number of aryl methyl sites for hydroxylation is 1. The topological polar surface area (TPSA) is 60.5 Å². The summed E-state index contributed by atoms with van der Waals surface area (Å²) in [5.74, 6) is -0.412. The van der Waals surface area contributed by atoms with E-state index >= 15 is 0 Å². The first-order valence-corrected chi connectivity index (χ1v) is 6.57. The van der Waals surface area contributed by atoms with Gasteiger partial charge in [0.2, 0.25) is 0 Å². The number of hydrogen-bond acceptors (Lipinski definition) is 5. The van der Waals surface area contributed by atoms with Gasteiger partial charge in [-0.15, -0.1) is 0 Å². The zero-order chi connectivity index (χ0) is 13.9. The zero-order valence-corrected chi connectivity index (χ0v) is 11.2. The Bertz CT molecular complexity index is 637. The van der Waals surface area contributed by atoms with E-state index in [-0.39, 0.29) is 12.2 Å². The molecular weight excluding hydrogens is 285 g/mol. The van der Waals surface area contributed by atoms with Crippen LogP contribution in [0.3, 0.4) is 0 Å². The van der Waals surface area contributed by atoms with Crippen LogP contribution in [0.1, 0.15) is 29.8 Å². The van der Waals surface area contributed by atoms with Crippen LogP contribution in [0.4, 0.5) is 4.39 Å². The third kappa shape index (κ3) is 2.51. The average Bonchev–Trinajstić information content (AvgIpc) is 2.91. The Kier molecular flexibility index (Phi) is 3.64. The molecule has 0 spiro atoms. The highest BCUT2D eigenvalue weighted by molar-refractivity contribution is 6.31. The van der Waals surface area contributed by atoms with Crippen molar-refractivity contribution in [2.45, 2.75) is 25.9 Å². The molecule has 0 fully saturated rings. The predicted molar refractivity (Wildman–Crippen MR) is 70.0 cm³/mol. The monoisotopic (exact) mass is 295 g/mol. The molecule has 1 aromatic heterocycles. The van der Waals surface area contributed by atoms with Crippen LogP contribution in [0.25, 0.3) is 0 Å². The fourth-order valence-corrected chi connectivity index (χ4v) is 2.28. The Hall–Kier alpha value is -1.95. The van der Waals surface area contributed by atoms with Gasteiger partial charge in [-0.1, -0.05) is 28.0 Å². The van der Waals surface area contributed by atoms with Gasteiger partial charge in [-0.3, -0.25) is 0 Å². The molecule has 0 saturated heterocycles. The van der Waals surface area contributed by atoms with E-state index in [1.807, 2.05) is 0 Å². The van der Waals surface area contributed by atoms with E-state index in [4.69, 9.17) is 16.4 Å². The lowest BCUT2D eigenvalue weighted by molar-refractivity contribution is 0.127. The van der Waals surface area contributed by atoms with Crippen LogP contribution in [0.5, 0.6) is 0 Å². The molecule has 0 atom stereocenters. The van der Waals surface area contributed by atoms with Gasteiger partial charge < -0.3 is 4.84 Å². The van der Waals surface area contributed by atoms with Gasteiger partial charge in [-0.05, 0) is 36.6 Å². The molecule has 1 heterocycles. The number of aromatic nitrogens is 2. The number of rotatable bonds is 3. The maximum atomic E-state index is 13.6. The summed E-state index contributed by atoms with van der Waals surface area (Å²) in [5.41, 5.74) is 2.35. The molecule has 0 saturated carbocycles. The summed E-state index contributed by atoms with van der Waals surface area (Å²) in [7, 11) is 0. The normalized spacial score (nSPS) is 16.2. The number of halogens is 2. The SMILES string of the molecule is Fc1cccc(Cl)c1CO/N=C1/CCCc2nonc21. The summed E-state index contributed by atoms with van der Waals surface area (Å²) in [6.45, 7) is -0.0321. The Morgan fingerprint density at radius 2 is 2.25 bits per heavy atom. The van der Waals surface area contributed by atoms with E-state index in [2.05, 4.69) is 20.1 Å². The molecule has 1 aliphatic rings. The van der Waals surface area contributed by atoms with Gasteiger partial charge in [0, 0.05) is 5.56 Å². The lowest BCUT2D eigenvalue weighted by Crippen LogP contribution is -2.12. The van der Waals surface area contributed by atoms with Crippen molar-refractivity contribution in [3.05, 3.63) is 46.0 Å². The molecule has 7 heteroatoms. The second kappa shape index (κ2) is 5.58. The summed E-state index contributed by atoms with van der Waals surface area (Å²) in [5, 5.41) is 11.9. The van der Waals surface area contributed by atoms with E-state index in [9.17, 15) is 4.39 Å². The fraction of sp³-hybridized carbons (Fsp3) is 0.308. The highest BCUT2D eigenvalue weighted by Gasteiger charge is 2.21. The number of benzene rings is 1. The van der Waals surface area contributed by atoms with Crippen molar-refractivity contribution < 1.29 is 13.9 Å².